The molecule has 3 heterocycles. The van der Waals surface area contributed by atoms with Crippen LogP contribution in [0.3, 0.4) is 0 Å². The third-order valence-corrected chi connectivity index (χ3v) is 5.44. The SMILES string of the molecule is COc1ccc(NC(=O)c2cc(C)nc3onc(C)c23)cc1OCc1ccc2ccccc2n1. The van der Waals surface area contributed by atoms with E-state index in [1.165, 1.54) is 0 Å². The molecule has 2 aromatic carbocycles. The van der Waals surface area contributed by atoms with Crippen molar-refractivity contribution in [2.24, 2.45) is 0 Å². The van der Waals surface area contributed by atoms with Gasteiger partial charge >= 0.3 is 0 Å². The third kappa shape index (κ3) is 4.13. The Morgan fingerprint density at radius 1 is 1.00 bits per heavy atom. The molecular formula is C26H22N4O4. The number of rotatable bonds is 6. The van der Waals surface area contributed by atoms with Crippen LogP contribution in [0.2, 0.25) is 0 Å². The van der Waals surface area contributed by atoms with Gasteiger partial charge in [0.25, 0.3) is 11.6 Å². The Balaban J connectivity index is 1.38. The monoisotopic (exact) mass is 454 g/mol. The van der Waals surface area contributed by atoms with Crippen LogP contribution in [0.4, 0.5) is 5.69 Å². The van der Waals surface area contributed by atoms with Gasteiger partial charge < -0.3 is 19.3 Å². The number of amides is 1. The van der Waals surface area contributed by atoms with E-state index in [1.807, 2.05) is 36.4 Å². The first kappa shape index (κ1) is 21.4. The summed E-state index contributed by atoms with van der Waals surface area (Å²) < 4.78 is 16.7. The van der Waals surface area contributed by atoms with Crippen LogP contribution in [-0.4, -0.2) is 28.1 Å². The van der Waals surface area contributed by atoms with Crippen LogP contribution in [0.15, 0.2) is 65.2 Å². The van der Waals surface area contributed by atoms with Crippen molar-refractivity contribution in [1.29, 1.82) is 0 Å². The maximum Gasteiger partial charge on any atom is 0.258 e. The Labute approximate surface area is 195 Å². The number of nitrogens with one attached hydrogen (secondary N) is 1. The first-order valence-corrected chi connectivity index (χ1v) is 10.7. The molecule has 0 unspecified atom stereocenters. The van der Waals surface area contributed by atoms with Crippen LogP contribution in [0, 0.1) is 13.8 Å². The minimum absolute atomic E-state index is 0.253. The molecule has 0 spiro atoms. The van der Waals surface area contributed by atoms with Gasteiger partial charge in [0, 0.05) is 22.8 Å². The predicted molar refractivity (Wildman–Crippen MR) is 128 cm³/mol. The largest absolute Gasteiger partial charge is 0.493 e. The number of hydrogen-bond acceptors (Lipinski definition) is 7. The fourth-order valence-electron chi connectivity index (χ4n) is 3.80. The van der Waals surface area contributed by atoms with Gasteiger partial charge in [0.15, 0.2) is 11.5 Å². The molecule has 1 N–H and O–H groups in total. The molecular weight excluding hydrogens is 432 g/mol. The fourth-order valence-corrected chi connectivity index (χ4v) is 3.80. The minimum Gasteiger partial charge on any atom is -0.493 e. The highest BCUT2D eigenvalue weighted by atomic mass is 16.5. The Morgan fingerprint density at radius 2 is 1.85 bits per heavy atom. The normalized spacial score (nSPS) is 11.0. The van der Waals surface area contributed by atoms with E-state index >= 15 is 0 Å². The number of methoxy groups -OCH3 is 1. The Kier molecular flexibility index (Phi) is 5.55. The van der Waals surface area contributed by atoms with Gasteiger partial charge in [0.1, 0.15) is 6.61 Å². The highest BCUT2D eigenvalue weighted by Gasteiger charge is 2.18. The zero-order chi connectivity index (χ0) is 23.7. The lowest BCUT2D eigenvalue weighted by molar-refractivity contribution is 0.102. The first-order chi connectivity index (χ1) is 16.5. The molecule has 5 rings (SSSR count). The molecule has 0 radical (unpaired) electrons. The third-order valence-electron chi connectivity index (χ3n) is 5.44. The van der Waals surface area contributed by atoms with E-state index in [0.29, 0.717) is 45.2 Å². The van der Waals surface area contributed by atoms with Crippen molar-refractivity contribution in [3.05, 3.63) is 83.3 Å². The molecule has 0 saturated carbocycles. The van der Waals surface area contributed by atoms with Gasteiger partial charge in [-0.15, -0.1) is 0 Å². The van der Waals surface area contributed by atoms with Crippen LogP contribution in [0.5, 0.6) is 11.5 Å². The highest BCUT2D eigenvalue weighted by molar-refractivity contribution is 6.12. The first-order valence-electron chi connectivity index (χ1n) is 10.7. The van der Waals surface area contributed by atoms with E-state index < -0.39 is 0 Å². The molecule has 0 fully saturated rings. The summed E-state index contributed by atoms with van der Waals surface area (Å²) in [7, 11) is 1.57. The number of ether oxygens (including phenoxy) is 2. The molecule has 8 heteroatoms. The Bertz CT molecular complexity index is 1530. The van der Waals surface area contributed by atoms with E-state index in [9.17, 15) is 4.79 Å². The van der Waals surface area contributed by atoms with Crippen molar-refractivity contribution < 1.29 is 18.8 Å². The molecule has 0 aliphatic carbocycles. The lowest BCUT2D eigenvalue weighted by Crippen LogP contribution is -2.13. The molecule has 8 nitrogen and oxygen atoms in total. The average molecular weight is 454 g/mol. The summed E-state index contributed by atoms with van der Waals surface area (Å²) in [4.78, 5) is 22.1. The summed E-state index contributed by atoms with van der Waals surface area (Å²) in [6.45, 7) is 3.83. The number of fused-ring (bicyclic) bond motifs is 2. The average Bonchev–Trinajstić information content (AvgIpc) is 3.22. The predicted octanol–water partition coefficient (Wildman–Crippen LogP) is 5.23. The minimum atomic E-state index is -0.297. The molecule has 0 saturated heterocycles. The van der Waals surface area contributed by atoms with Crippen molar-refractivity contribution in [1.82, 2.24) is 15.1 Å². The van der Waals surface area contributed by atoms with Crippen molar-refractivity contribution in [3.63, 3.8) is 0 Å². The number of anilines is 1. The molecule has 0 atom stereocenters. The number of nitrogens with zero attached hydrogens (tertiary/aromatic N) is 3. The van der Waals surface area contributed by atoms with Gasteiger partial charge in [-0.3, -0.25) is 4.79 Å². The molecule has 0 aliphatic heterocycles. The van der Waals surface area contributed by atoms with Crippen LogP contribution in [0.1, 0.15) is 27.4 Å². The zero-order valence-corrected chi connectivity index (χ0v) is 19.0. The maximum atomic E-state index is 13.1. The van der Waals surface area contributed by atoms with Gasteiger partial charge in [-0.05, 0) is 44.2 Å². The second-order valence-electron chi connectivity index (χ2n) is 7.86. The highest BCUT2D eigenvalue weighted by Crippen LogP contribution is 2.32. The van der Waals surface area contributed by atoms with Crippen molar-refractivity contribution >= 4 is 33.6 Å². The number of pyridine rings is 2. The molecule has 34 heavy (non-hydrogen) atoms. The number of carbonyl (C=O) groups excluding carboxylic acids is 1. The lowest BCUT2D eigenvalue weighted by Gasteiger charge is -2.13. The summed E-state index contributed by atoms with van der Waals surface area (Å²) in [5, 5.41) is 8.52. The van der Waals surface area contributed by atoms with Gasteiger partial charge in [0.2, 0.25) is 0 Å². The number of para-hydroxylation sites is 1. The molecule has 0 aliphatic rings. The maximum absolute atomic E-state index is 13.1. The van der Waals surface area contributed by atoms with E-state index in [0.717, 1.165) is 16.6 Å². The zero-order valence-electron chi connectivity index (χ0n) is 19.0. The summed E-state index contributed by atoms with van der Waals surface area (Å²) in [5.74, 6) is 0.748. The van der Waals surface area contributed by atoms with E-state index in [-0.39, 0.29) is 12.5 Å². The van der Waals surface area contributed by atoms with Crippen molar-refractivity contribution in [2.45, 2.75) is 20.5 Å². The number of carbonyl (C=O) groups is 1. The van der Waals surface area contributed by atoms with Crippen LogP contribution >= 0.6 is 0 Å². The van der Waals surface area contributed by atoms with E-state index in [2.05, 4.69) is 20.4 Å². The molecule has 1 amide bonds. The Hall–Kier alpha value is -4.46. The van der Waals surface area contributed by atoms with E-state index in [1.54, 1.807) is 45.2 Å². The summed E-state index contributed by atoms with van der Waals surface area (Å²) >= 11 is 0. The number of aryl methyl sites for hydroxylation is 2. The molecule has 170 valence electrons. The van der Waals surface area contributed by atoms with Crippen molar-refractivity contribution in [3.8, 4) is 11.5 Å². The van der Waals surface area contributed by atoms with Crippen LogP contribution in [-0.2, 0) is 6.61 Å². The topological polar surface area (TPSA) is 99.4 Å². The molecule has 3 aromatic heterocycles. The fraction of sp³-hybridized carbons (Fsp3) is 0.154. The molecule has 0 bridgehead atoms. The summed E-state index contributed by atoms with van der Waals surface area (Å²) in [5.41, 5.74) is 4.30. The number of benzene rings is 2. The van der Waals surface area contributed by atoms with Crippen LogP contribution in [0.25, 0.3) is 22.0 Å². The standard InChI is InChI=1S/C26H22N4O4/c1-15-12-20(24-16(2)30-34-26(24)27-15)25(31)29-18-10-11-22(32-3)23(13-18)33-14-19-9-8-17-6-4-5-7-21(17)28-19/h4-13H,14H2,1-3H3,(H,29,31). The van der Waals surface area contributed by atoms with Crippen molar-refractivity contribution in [2.75, 3.05) is 12.4 Å². The molecule has 5 aromatic rings. The summed E-state index contributed by atoms with van der Waals surface area (Å²) in [6, 6.07) is 18.8. The van der Waals surface area contributed by atoms with Gasteiger partial charge in [-0.1, -0.05) is 29.4 Å². The lowest BCUT2D eigenvalue weighted by atomic mass is 10.1. The van der Waals surface area contributed by atoms with E-state index in [4.69, 9.17) is 14.0 Å². The quantitative estimate of drug-likeness (QED) is 0.375. The van der Waals surface area contributed by atoms with Gasteiger partial charge in [0.05, 0.1) is 35.0 Å². The Morgan fingerprint density at radius 3 is 2.71 bits per heavy atom. The van der Waals surface area contributed by atoms with Crippen LogP contribution < -0.4 is 14.8 Å². The van der Waals surface area contributed by atoms with Gasteiger partial charge in [-0.2, -0.15) is 0 Å². The second kappa shape index (κ2) is 8.82. The van der Waals surface area contributed by atoms with Gasteiger partial charge in [-0.25, -0.2) is 9.97 Å². The second-order valence-corrected chi connectivity index (χ2v) is 7.86. The number of hydrogen-bond donors (Lipinski definition) is 1. The number of aromatic nitrogens is 3. The summed E-state index contributed by atoms with van der Waals surface area (Å²) in [6.07, 6.45) is 0. The smallest absolute Gasteiger partial charge is 0.258 e.